The Hall–Kier alpha value is 0.147. The zero-order valence-electron chi connectivity index (χ0n) is 7.79. The SMILES string of the molecule is CCO[Si](C)(CC)OCC#P=O. The summed E-state index contributed by atoms with van der Waals surface area (Å²) >= 11 is 0. The van der Waals surface area contributed by atoms with E-state index in [9.17, 15) is 4.57 Å². The van der Waals surface area contributed by atoms with E-state index < -0.39 is 8.56 Å². The van der Waals surface area contributed by atoms with Gasteiger partial charge in [-0.1, -0.05) is 0 Å². The minimum atomic E-state index is -1.97. The molecule has 0 radical (unpaired) electrons. The second kappa shape index (κ2) is 6.64. The minimum absolute atomic E-state index is 0.0993. The zero-order chi connectivity index (χ0) is 9.45. The van der Waals surface area contributed by atoms with E-state index in [2.05, 4.69) is 5.63 Å². The average molecular weight is 206 g/mol. The van der Waals surface area contributed by atoms with Crippen LogP contribution in [0, 0.1) is 5.63 Å². The fraction of sp³-hybridized carbons (Fsp3) is 0.857. The normalized spacial score (nSPS) is 14.9. The van der Waals surface area contributed by atoms with Crippen molar-refractivity contribution in [2.24, 2.45) is 0 Å². The van der Waals surface area contributed by atoms with Crippen molar-refractivity contribution in [3.63, 3.8) is 0 Å². The number of hydrogen-bond donors (Lipinski definition) is 0. The van der Waals surface area contributed by atoms with Crippen LogP contribution in [0.1, 0.15) is 13.8 Å². The summed E-state index contributed by atoms with van der Waals surface area (Å²) in [5, 5.41) is 0. The molecule has 0 aromatic rings. The molecule has 0 rings (SSSR count). The van der Waals surface area contributed by atoms with E-state index in [1.54, 1.807) is 0 Å². The van der Waals surface area contributed by atoms with Gasteiger partial charge in [-0.25, -0.2) is 0 Å². The van der Waals surface area contributed by atoms with Gasteiger partial charge in [0.2, 0.25) is 0 Å². The molecule has 0 aromatic heterocycles. The first-order chi connectivity index (χ1) is 5.68. The molecular weight excluding hydrogens is 191 g/mol. The van der Waals surface area contributed by atoms with Crippen LogP contribution in [0.4, 0.5) is 0 Å². The van der Waals surface area contributed by atoms with Crippen LogP contribution in [0.25, 0.3) is 0 Å². The Morgan fingerprint density at radius 3 is 2.50 bits per heavy atom. The van der Waals surface area contributed by atoms with Gasteiger partial charge in [-0.2, -0.15) is 0 Å². The Labute approximate surface area is 75.8 Å². The first kappa shape index (κ1) is 12.1. The molecule has 5 heteroatoms. The van der Waals surface area contributed by atoms with Crippen molar-refractivity contribution in [1.29, 1.82) is 0 Å². The second-order valence-corrected chi connectivity index (χ2v) is 6.51. The summed E-state index contributed by atoms with van der Waals surface area (Å²) in [7, 11) is -2.07. The number of rotatable bonds is 5. The molecule has 0 saturated heterocycles. The fourth-order valence-electron chi connectivity index (χ4n) is 0.762. The first-order valence-corrected chi connectivity index (χ1v) is 7.35. The third-order valence-electron chi connectivity index (χ3n) is 1.60. The van der Waals surface area contributed by atoms with E-state index in [4.69, 9.17) is 8.85 Å². The Morgan fingerprint density at radius 1 is 1.42 bits per heavy atom. The molecule has 0 saturated carbocycles. The molecule has 0 fully saturated rings. The molecule has 0 spiro atoms. The monoisotopic (exact) mass is 206 g/mol. The van der Waals surface area contributed by atoms with Crippen molar-refractivity contribution in [3.8, 4) is 5.63 Å². The van der Waals surface area contributed by atoms with E-state index >= 15 is 0 Å². The van der Waals surface area contributed by atoms with E-state index in [-0.39, 0.29) is 7.92 Å². The Kier molecular flexibility index (Phi) is 6.72. The van der Waals surface area contributed by atoms with Crippen molar-refractivity contribution in [3.05, 3.63) is 0 Å². The molecular formula is C7H15O3PSi. The summed E-state index contributed by atoms with van der Waals surface area (Å²) in [6.07, 6.45) is 0. The predicted octanol–water partition coefficient (Wildman–Crippen LogP) is 2.38. The number of hydrogen-bond acceptors (Lipinski definition) is 3. The summed E-state index contributed by atoms with van der Waals surface area (Å²) in [4.78, 5) is 0. The summed E-state index contributed by atoms with van der Waals surface area (Å²) < 4.78 is 21.0. The maximum absolute atomic E-state index is 10.0. The Morgan fingerprint density at radius 2 is 2.08 bits per heavy atom. The molecule has 0 N–H and O–H groups in total. The van der Waals surface area contributed by atoms with Crippen LogP contribution in [0.3, 0.4) is 0 Å². The van der Waals surface area contributed by atoms with E-state index in [0.717, 1.165) is 6.04 Å². The van der Waals surface area contributed by atoms with Crippen molar-refractivity contribution in [2.75, 3.05) is 13.2 Å². The molecule has 0 aliphatic heterocycles. The second-order valence-electron chi connectivity index (χ2n) is 2.46. The van der Waals surface area contributed by atoms with E-state index in [1.165, 1.54) is 0 Å². The molecule has 0 aliphatic rings. The van der Waals surface area contributed by atoms with Crippen molar-refractivity contribution in [2.45, 2.75) is 26.4 Å². The Bertz CT molecular complexity index is 214. The van der Waals surface area contributed by atoms with Crippen LogP contribution in [-0.4, -0.2) is 21.8 Å². The molecule has 0 aromatic carbocycles. The van der Waals surface area contributed by atoms with Gasteiger partial charge in [-0.05, 0) is 0 Å². The van der Waals surface area contributed by atoms with Crippen LogP contribution < -0.4 is 0 Å². The summed E-state index contributed by atoms with van der Waals surface area (Å²) in [6, 6.07) is 0.901. The van der Waals surface area contributed by atoms with Crippen molar-refractivity contribution in [1.82, 2.24) is 0 Å². The first-order valence-electron chi connectivity index (χ1n) is 4.01. The van der Waals surface area contributed by atoms with Gasteiger partial charge in [0, 0.05) is 0 Å². The zero-order valence-corrected chi connectivity index (χ0v) is 9.69. The van der Waals surface area contributed by atoms with Gasteiger partial charge in [0.05, 0.1) is 0 Å². The van der Waals surface area contributed by atoms with Gasteiger partial charge < -0.3 is 0 Å². The quantitative estimate of drug-likeness (QED) is 0.511. The van der Waals surface area contributed by atoms with Crippen molar-refractivity contribution >= 4 is 16.5 Å². The molecule has 0 bridgehead atoms. The average Bonchev–Trinajstić information content (AvgIpc) is 2.06. The fourth-order valence-corrected chi connectivity index (χ4v) is 2.48. The third kappa shape index (κ3) is 4.91. The summed E-state index contributed by atoms with van der Waals surface area (Å²) in [6.45, 7) is 6.95. The van der Waals surface area contributed by atoms with Crippen LogP contribution >= 0.6 is 7.92 Å². The van der Waals surface area contributed by atoms with Gasteiger partial charge in [0.15, 0.2) is 0 Å². The molecule has 0 aliphatic carbocycles. The maximum atomic E-state index is 10.0. The summed E-state index contributed by atoms with van der Waals surface area (Å²) in [5.41, 5.74) is 2.55. The van der Waals surface area contributed by atoms with Gasteiger partial charge in [0.1, 0.15) is 0 Å². The molecule has 0 amide bonds. The molecule has 1 unspecified atom stereocenters. The van der Waals surface area contributed by atoms with Gasteiger partial charge in [-0.3, -0.25) is 0 Å². The molecule has 12 heavy (non-hydrogen) atoms. The van der Waals surface area contributed by atoms with Crippen LogP contribution in [0.2, 0.25) is 12.6 Å². The van der Waals surface area contributed by atoms with Gasteiger partial charge >= 0.3 is 75.2 Å². The summed E-state index contributed by atoms with van der Waals surface area (Å²) in [5.74, 6) is 0. The van der Waals surface area contributed by atoms with E-state index in [1.807, 2.05) is 20.4 Å². The predicted molar refractivity (Wildman–Crippen MR) is 51.2 cm³/mol. The van der Waals surface area contributed by atoms with Gasteiger partial charge in [0.25, 0.3) is 0 Å². The third-order valence-corrected chi connectivity index (χ3v) is 4.80. The molecule has 3 nitrogen and oxygen atoms in total. The Balaban J connectivity index is 3.91. The van der Waals surface area contributed by atoms with Gasteiger partial charge in [-0.15, -0.1) is 0 Å². The van der Waals surface area contributed by atoms with Crippen LogP contribution in [0.15, 0.2) is 0 Å². The van der Waals surface area contributed by atoms with Crippen LogP contribution in [0.5, 0.6) is 0 Å². The van der Waals surface area contributed by atoms with Crippen molar-refractivity contribution < 1.29 is 13.4 Å². The standard InChI is InChI=1S/C7H15O3PSi/c1-4-9-12(3,5-2)10-6-7-11-8/h4-6H2,1-3H3. The molecule has 70 valence electrons. The molecule has 1 atom stereocenters. The van der Waals surface area contributed by atoms with Crippen LogP contribution in [-0.2, 0) is 13.4 Å². The topological polar surface area (TPSA) is 35.5 Å². The van der Waals surface area contributed by atoms with E-state index in [0.29, 0.717) is 13.2 Å². The molecule has 0 heterocycles.